The molecule has 0 spiro atoms. The molecule has 7 nitrogen and oxygen atoms in total. The molecular weight excluding hydrogens is 488 g/mol. The first-order chi connectivity index (χ1) is 18.0. The fourth-order valence-electron chi connectivity index (χ4n) is 4.59. The molecule has 2 aromatic carbocycles. The van der Waals surface area contributed by atoms with Crippen molar-refractivity contribution in [3.63, 3.8) is 0 Å². The van der Waals surface area contributed by atoms with Crippen LogP contribution in [0.3, 0.4) is 0 Å². The Morgan fingerprint density at radius 1 is 1.08 bits per heavy atom. The molecule has 8 heteroatoms. The molecule has 0 bridgehead atoms. The van der Waals surface area contributed by atoms with Gasteiger partial charge in [0, 0.05) is 23.0 Å². The predicted octanol–water partition coefficient (Wildman–Crippen LogP) is 5.21. The number of rotatable bonds is 10. The lowest BCUT2D eigenvalue weighted by atomic mass is 10.00. The monoisotopic (exact) mass is 522 g/mol. The second kappa shape index (κ2) is 12.1. The number of hydrogen-bond donors (Lipinski definition) is 0. The number of carbonyl (C=O) groups is 2. The van der Waals surface area contributed by atoms with Crippen molar-refractivity contribution in [2.24, 2.45) is 0 Å². The highest BCUT2D eigenvalue weighted by Gasteiger charge is 2.34. The minimum absolute atomic E-state index is 0.00429. The van der Waals surface area contributed by atoms with Gasteiger partial charge in [-0.3, -0.25) is 9.59 Å². The van der Waals surface area contributed by atoms with Crippen LogP contribution in [0.2, 0.25) is 0 Å². The van der Waals surface area contributed by atoms with Crippen LogP contribution in [0.4, 0.5) is 0 Å². The van der Waals surface area contributed by atoms with Gasteiger partial charge in [-0.2, -0.15) is 0 Å². The van der Waals surface area contributed by atoms with Gasteiger partial charge in [0.05, 0.1) is 20.3 Å². The lowest BCUT2D eigenvalue weighted by Gasteiger charge is -2.38. The highest BCUT2D eigenvalue weighted by Crippen LogP contribution is 2.35. The number of para-hydroxylation sites is 2. The van der Waals surface area contributed by atoms with Gasteiger partial charge in [0.2, 0.25) is 5.91 Å². The van der Waals surface area contributed by atoms with E-state index in [-0.39, 0.29) is 30.4 Å². The third kappa shape index (κ3) is 5.91. The van der Waals surface area contributed by atoms with Gasteiger partial charge >= 0.3 is 0 Å². The largest absolute Gasteiger partial charge is 0.497 e. The van der Waals surface area contributed by atoms with Gasteiger partial charge in [-0.15, -0.1) is 11.3 Å². The summed E-state index contributed by atoms with van der Waals surface area (Å²) in [6.45, 7) is 4.86. The van der Waals surface area contributed by atoms with Gasteiger partial charge < -0.3 is 24.0 Å². The number of benzene rings is 2. The Bertz CT molecular complexity index is 1230. The molecule has 1 aliphatic rings. The molecule has 0 saturated carbocycles. The quantitative estimate of drug-likeness (QED) is 0.366. The number of fused-ring (bicyclic) bond motifs is 1. The van der Waals surface area contributed by atoms with Crippen molar-refractivity contribution in [1.82, 2.24) is 9.80 Å². The SMILES string of the molecule is CCC(C)N(CC(=O)N1CCc2sccc2C1COc1ccccc1OC)C(=O)c1cccc(OC)c1. The van der Waals surface area contributed by atoms with Crippen molar-refractivity contribution in [1.29, 1.82) is 0 Å². The average Bonchev–Trinajstić information content (AvgIpc) is 3.43. The van der Waals surface area contributed by atoms with E-state index in [1.165, 1.54) is 4.88 Å². The van der Waals surface area contributed by atoms with E-state index in [2.05, 4.69) is 11.4 Å². The van der Waals surface area contributed by atoms with Crippen molar-refractivity contribution < 1.29 is 23.8 Å². The molecule has 3 aromatic rings. The number of carbonyl (C=O) groups excluding carboxylic acids is 2. The van der Waals surface area contributed by atoms with Crippen LogP contribution in [-0.4, -0.2) is 61.6 Å². The number of amides is 2. The van der Waals surface area contributed by atoms with Crippen molar-refractivity contribution in [2.45, 2.75) is 38.8 Å². The highest BCUT2D eigenvalue weighted by molar-refractivity contribution is 7.10. The number of methoxy groups -OCH3 is 2. The molecule has 0 radical (unpaired) electrons. The lowest BCUT2D eigenvalue weighted by molar-refractivity contribution is -0.136. The molecule has 4 rings (SSSR count). The molecule has 37 heavy (non-hydrogen) atoms. The third-order valence-electron chi connectivity index (χ3n) is 6.89. The molecule has 1 aliphatic heterocycles. The topological polar surface area (TPSA) is 68.3 Å². The summed E-state index contributed by atoms with van der Waals surface area (Å²) in [4.78, 5) is 32.1. The van der Waals surface area contributed by atoms with Crippen LogP contribution in [0.15, 0.2) is 60.0 Å². The number of hydrogen-bond acceptors (Lipinski definition) is 6. The first kappa shape index (κ1) is 26.5. The standard InChI is InChI=1S/C29H34N2O5S/c1-5-20(2)31(29(33)21-9-8-10-22(17-21)34-3)18-28(32)30-15-13-27-23(14-16-37-27)24(30)19-36-26-12-7-6-11-25(26)35-4/h6-12,14,16-17,20,24H,5,13,15,18-19H2,1-4H3. The van der Waals surface area contributed by atoms with Gasteiger partial charge in [-0.25, -0.2) is 0 Å². The first-order valence-electron chi connectivity index (χ1n) is 12.5. The van der Waals surface area contributed by atoms with Gasteiger partial charge in [0.25, 0.3) is 5.91 Å². The molecule has 0 fully saturated rings. The molecule has 1 aromatic heterocycles. The van der Waals surface area contributed by atoms with Gasteiger partial charge in [0.1, 0.15) is 18.9 Å². The maximum atomic E-state index is 13.8. The minimum atomic E-state index is -0.252. The minimum Gasteiger partial charge on any atom is -0.497 e. The van der Waals surface area contributed by atoms with Crippen LogP contribution in [0.25, 0.3) is 0 Å². The molecule has 2 amide bonds. The van der Waals surface area contributed by atoms with E-state index in [0.717, 1.165) is 18.4 Å². The van der Waals surface area contributed by atoms with Gasteiger partial charge in [-0.05, 0) is 67.1 Å². The number of thiophene rings is 1. The summed E-state index contributed by atoms with van der Waals surface area (Å²) < 4.78 is 16.9. The fraction of sp³-hybridized carbons (Fsp3) is 0.379. The second-order valence-electron chi connectivity index (χ2n) is 9.04. The zero-order valence-corrected chi connectivity index (χ0v) is 22.6. The summed E-state index contributed by atoms with van der Waals surface area (Å²) in [5, 5.41) is 2.06. The molecule has 2 unspecified atom stereocenters. The Balaban J connectivity index is 1.56. The van der Waals surface area contributed by atoms with Crippen molar-refractivity contribution in [2.75, 3.05) is 33.9 Å². The molecule has 196 valence electrons. The summed E-state index contributed by atoms with van der Waals surface area (Å²) in [6, 6.07) is 16.3. The molecule has 0 saturated heterocycles. The predicted molar refractivity (Wildman–Crippen MR) is 145 cm³/mol. The summed E-state index contributed by atoms with van der Waals surface area (Å²) >= 11 is 1.71. The van der Waals surface area contributed by atoms with Crippen LogP contribution in [0, 0.1) is 0 Å². The number of ether oxygens (including phenoxy) is 3. The first-order valence-corrected chi connectivity index (χ1v) is 13.4. The van der Waals surface area contributed by atoms with E-state index in [1.54, 1.807) is 54.7 Å². The van der Waals surface area contributed by atoms with Gasteiger partial charge in [-0.1, -0.05) is 25.1 Å². The van der Waals surface area contributed by atoms with Crippen LogP contribution in [0.1, 0.15) is 47.1 Å². The van der Waals surface area contributed by atoms with Crippen molar-refractivity contribution in [3.05, 3.63) is 76.0 Å². The Labute approximate surface area is 222 Å². The summed E-state index contributed by atoms with van der Waals surface area (Å²) in [6.07, 6.45) is 1.52. The normalized spacial score (nSPS) is 15.5. The van der Waals surface area contributed by atoms with E-state index in [0.29, 0.717) is 36.0 Å². The van der Waals surface area contributed by atoms with Crippen LogP contribution >= 0.6 is 11.3 Å². The van der Waals surface area contributed by atoms with Crippen molar-refractivity contribution >= 4 is 23.2 Å². The molecule has 0 aliphatic carbocycles. The molecule has 2 atom stereocenters. The van der Waals surface area contributed by atoms with Crippen molar-refractivity contribution in [3.8, 4) is 17.2 Å². The molecule has 2 heterocycles. The lowest BCUT2D eigenvalue weighted by Crippen LogP contribution is -2.49. The van der Waals surface area contributed by atoms with Crippen LogP contribution in [-0.2, 0) is 11.2 Å². The zero-order valence-electron chi connectivity index (χ0n) is 21.8. The Morgan fingerprint density at radius 3 is 2.59 bits per heavy atom. The maximum absolute atomic E-state index is 13.8. The molecule has 0 N–H and O–H groups in total. The summed E-state index contributed by atoms with van der Waals surface area (Å²) in [5.74, 6) is 1.61. The second-order valence-corrected chi connectivity index (χ2v) is 10.0. The van der Waals surface area contributed by atoms with Crippen LogP contribution in [0.5, 0.6) is 17.2 Å². The van der Waals surface area contributed by atoms with E-state index >= 15 is 0 Å². The van der Waals surface area contributed by atoms with E-state index in [9.17, 15) is 9.59 Å². The summed E-state index contributed by atoms with van der Waals surface area (Å²) in [7, 11) is 3.18. The summed E-state index contributed by atoms with van der Waals surface area (Å²) in [5.41, 5.74) is 1.61. The van der Waals surface area contributed by atoms with E-state index in [1.807, 2.05) is 43.0 Å². The maximum Gasteiger partial charge on any atom is 0.254 e. The number of nitrogens with zero attached hydrogens (tertiary/aromatic N) is 2. The van der Waals surface area contributed by atoms with E-state index < -0.39 is 0 Å². The Kier molecular flexibility index (Phi) is 8.71. The van der Waals surface area contributed by atoms with Gasteiger partial charge in [0.15, 0.2) is 11.5 Å². The third-order valence-corrected chi connectivity index (χ3v) is 7.88. The Hall–Kier alpha value is -3.52. The molecular formula is C29H34N2O5S. The Morgan fingerprint density at radius 2 is 1.86 bits per heavy atom. The fourth-order valence-corrected chi connectivity index (χ4v) is 5.52. The van der Waals surface area contributed by atoms with Crippen LogP contribution < -0.4 is 14.2 Å². The highest BCUT2D eigenvalue weighted by atomic mass is 32.1. The van der Waals surface area contributed by atoms with E-state index in [4.69, 9.17) is 14.2 Å². The average molecular weight is 523 g/mol. The zero-order chi connectivity index (χ0) is 26.4. The smallest absolute Gasteiger partial charge is 0.254 e.